The van der Waals surface area contributed by atoms with Crippen molar-refractivity contribution in [1.29, 1.82) is 5.26 Å². The molecule has 1 atom stereocenters. The largest absolute Gasteiger partial charge is 0.375 e. The van der Waals surface area contributed by atoms with Crippen molar-refractivity contribution >= 4 is 0 Å². The minimum Gasteiger partial charge on any atom is -0.375 e. The van der Waals surface area contributed by atoms with E-state index in [1.54, 1.807) is 0 Å². The molecule has 0 aromatic rings. The predicted octanol–water partition coefficient (Wildman–Crippen LogP) is 1.31. The Bertz CT molecular complexity index is 136. The van der Waals surface area contributed by atoms with Gasteiger partial charge in [0.15, 0.2) is 5.60 Å². The summed E-state index contributed by atoms with van der Waals surface area (Å²) in [6.45, 7) is 7.01. The van der Waals surface area contributed by atoms with Crippen molar-refractivity contribution in [3.63, 3.8) is 0 Å². The topological polar surface area (TPSA) is 44.0 Å². The van der Waals surface area contributed by atoms with Gasteiger partial charge < -0.3 is 5.11 Å². The molecule has 0 amide bonds. The Hall–Kier alpha value is -0.550. The zero-order valence-corrected chi connectivity index (χ0v) is 6.39. The summed E-state index contributed by atoms with van der Waals surface area (Å²) >= 11 is 0. The summed E-state index contributed by atoms with van der Waals surface area (Å²) in [4.78, 5) is 0. The molecule has 0 saturated heterocycles. The van der Waals surface area contributed by atoms with E-state index in [0.29, 0.717) is 0 Å². The Balaban J connectivity index is 4.39. The van der Waals surface area contributed by atoms with E-state index in [1.807, 2.05) is 26.8 Å². The van der Waals surface area contributed by atoms with Crippen LogP contribution in [0.5, 0.6) is 0 Å². The second kappa shape index (κ2) is 2.00. The Labute approximate surface area is 56.1 Å². The molecule has 0 spiro atoms. The summed E-state index contributed by atoms with van der Waals surface area (Å²) in [6.07, 6.45) is 0. The number of nitriles is 1. The molecule has 0 saturated carbocycles. The summed E-state index contributed by atoms with van der Waals surface area (Å²) in [5.41, 5.74) is -1.57. The maximum absolute atomic E-state index is 9.30. The maximum atomic E-state index is 9.30. The zero-order chi connectivity index (χ0) is 7.71. The molecular formula is C7H13NO. The van der Waals surface area contributed by atoms with Crippen molar-refractivity contribution in [2.75, 3.05) is 0 Å². The van der Waals surface area contributed by atoms with Crippen LogP contribution in [0.1, 0.15) is 27.7 Å². The van der Waals surface area contributed by atoms with Crippen molar-refractivity contribution in [2.45, 2.75) is 33.3 Å². The van der Waals surface area contributed by atoms with Gasteiger partial charge in [-0.05, 0) is 6.92 Å². The Morgan fingerprint density at radius 2 is 1.56 bits per heavy atom. The highest BCUT2D eigenvalue weighted by Gasteiger charge is 2.34. The van der Waals surface area contributed by atoms with Crippen LogP contribution in [-0.4, -0.2) is 10.7 Å². The summed E-state index contributed by atoms with van der Waals surface area (Å²) in [5, 5.41) is 17.7. The molecule has 0 aromatic heterocycles. The highest BCUT2D eigenvalue weighted by atomic mass is 16.3. The molecule has 0 radical (unpaired) electrons. The van der Waals surface area contributed by atoms with Gasteiger partial charge in [0.05, 0.1) is 6.07 Å². The number of aliphatic hydroxyl groups is 1. The van der Waals surface area contributed by atoms with E-state index in [4.69, 9.17) is 5.26 Å². The number of hydrogen-bond acceptors (Lipinski definition) is 2. The third-order valence-corrected chi connectivity index (χ3v) is 1.68. The first-order valence-corrected chi connectivity index (χ1v) is 2.95. The molecular weight excluding hydrogens is 114 g/mol. The Morgan fingerprint density at radius 1 is 1.22 bits per heavy atom. The summed E-state index contributed by atoms with van der Waals surface area (Å²) in [5.74, 6) is 0. The highest BCUT2D eigenvalue weighted by molar-refractivity contribution is 5.03. The lowest BCUT2D eigenvalue weighted by molar-refractivity contribution is 0.0109. The maximum Gasteiger partial charge on any atom is 0.153 e. The normalized spacial score (nSPS) is 18.2. The Morgan fingerprint density at radius 3 is 1.56 bits per heavy atom. The third kappa shape index (κ3) is 1.69. The molecule has 0 aliphatic carbocycles. The molecule has 9 heavy (non-hydrogen) atoms. The fraction of sp³-hybridized carbons (Fsp3) is 0.857. The molecule has 0 bridgehead atoms. The number of hydrogen-bond donors (Lipinski definition) is 1. The first-order chi connectivity index (χ1) is 3.81. The minimum absolute atomic E-state index is 0.359. The smallest absolute Gasteiger partial charge is 0.153 e. The van der Waals surface area contributed by atoms with E-state index in [9.17, 15) is 5.11 Å². The van der Waals surface area contributed by atoms with E-state index < -0.39 is 5.60 Å². The summed E-state index contributed by atoms with van der Waals surface area (Å²) in [7, 11) is 0. The predicted molar refractivity (Wildman–Crippen MR) is 35.7 cm³/mol. The lowest BCUT2D eigenvalue weighted by atomic mass is 9.79. The van der Waals surface area contributed by atoms with Crippen LogP contribution in [0.3, 0.4) is 0 Å². The van der Waals surface area contributed by atoms with Gasteiger partial charge in [0.2, 0.25) is 0 Å². The fourth-order valence-corrected chi connectivity index (χ4v) is 0.168. The van der Waals surface area contributed by atoms with Gasteiger partial charge in [-0.15, -0.1) is 0 Å². The van der Waals surface area contributed by atoms with Crippen molar-refractivity contribution < 1.29 is 5.11 Å². The van der Waals surface area contributed by atoms with Crippen molar-refractivity contribution in [3.05, 3.63) is 0 Å². The van der Waals surface area contributed by atoms with Gasteiger partial charge in [0.25, 0.3) is 0 Å². The molecule has 2 heteroatoms. The van der Waals surface area contributed by atoms with Gasteiger partial charge in [-0.2, -0.15) is 5.26 Å². The average molecular weight is 127 g/mol. The van der Waals surface area contributed by atoms with Crippen molar-refractivity contribution in [1.82, 2.24) is 0 Å². The zero-order valence-electron chi connectivity index (χ0n) is 6.39. The van der Waals surface area contributed by atoms with Crippen LogP contribution in [-0.2, 0) is 0 Å². The highest BCUT2D eigenvalue weighted by Crippen LogP contribution is 2.28. The molecule has 52 valence electrons. The monoisotopic (exact) mass is 127 g/mol. The molecule has 1 N–H and O–H groups in total. The second-order valence-electron chi connectivity index (χ2n) is 3.43. The lowest BCUT2D eigenvalue weighted by Crippen LogP contribution is -2.37. The van der Waals surface area contributed by atoms with E-state index in [0.717, 1.165) is 0 Å². The van der Waals surface area contributed by atoms with Crippen LogP contribution in [0, 0.1) is 16.7 Å². The van der Waals surface area contributed by atoms with Crippen LogP contribution in [0.15, 0.2) is 0 Å². The van der Waals surface area contributed by atoms with Crippen LogP contribution >= 0.6 is 0 Å². The lowest BCUT2D eigenvalue weighted by Gasteiger charge is -2.29. The van der Waals surface area contributed by atoms with E-state index in [2.05, 4.69) is 0 Å². The van der Waals surface area contributed by atoms with Gasteiger partial charge in [0.1, 0.15) is 0 Å². The van der Waals surface area contributed by atoms with E-state index in [1.165, 1.54) is 6.92 Å². The first kappa shape index (κ1) is 8.45. The molecule has 2 nitrogen and oxygen atoms in total. The van der Waals surface area contributed by atoms with Gasteiger partial charge in [0, 0.05) is 5.41 Å². The summed E-state index contributed by atoms with van der Waals surface area (Å²) in [6, 6.07) is 1.84. The molecule has 0 aliphatic rings. The number of nitrogens with zero attached hydrogens (tertiary/aromatic N) is 1. The van der Waals surface area contributed by atoms with Crippen molar-refractivity contribution in [3.8, 4) is 6.07 Å². The van der Waals surface area contributed by atoms with Gasteiger partial charge in [-0.25, -0.2) is 0 Å². The molecule has 0 aliphatic heterocycles. The van der Waals surface area contributed by atoms with Crippen LogP contribution in [0.2, 0.25) is 0 Å². The first-order valence-electron chi connectivity index (χ1n) is 2.95. The number of rotatable bonds is 0. The van der Waals surface area contributed by atoms with Gasteiger partial charge in [-0.3, -0.25) is 0 Å². The van der Waals surface area contributed by atoms with Crippen molar-refractivity contribution in [2.24, 2.45) is 5.41 Å². The van der Waals surface area contributed by atoms with Gasteiger partial charge in [-0.1, -0.05) is 20.8 Å². The van der Waals surface area contributed by atoms with Crippen LogP contribution in [0.25, 0.3) is 0 Å². The SMILES string of the molecule is CC(C)(C)[C@](C)(O)C#N. The Kier molecular flexibility index (Phi) is 1.88. The third-order valence-electron chi connectivity index (χ3n) is 1.68. The average Bonchev–Trinajstić information content (AvgIpc) is 1.64. The molecule has 0 fully saturated rings. The van der Waals surface area contributed by atoms with Crippen LogP contribution in [0.4, 0.5) is 0 Å². The van der Waals surface area contributed by atoms with Crippen LogP contribution < -0.4 is 0 Å². The molecule has 0 heterocycles. The summed E-state index contributed by atoms with van der Waals surface area (Å²) < 4.78 is 0. The molecule has 0 aromatic carbocycles. The molecule has 0 unspecified atom stereocenters. The van der Waals surface area contributed by atoms with Gasteiger partial charge >= 0.3 is 0 Å². The van der Waals surface area contributed by atoms with E-state index >= 15 is 0 Å². The van der Waals surface area contributed by atoms with E-state index in [-0.39, 0.29) is 5.41 Å². The standard InChI is InChI=1S/C7H13NO/c1-6(2,3)7(4,9)5-8/h9H,1-4H3/t7-/m1/s1. The minimum atomic E-state index is -1.22. The second-order valence-corrected chi connectivity index (χ2v) is 3.43. The quantitative estimate of drug-likeness (QED) is 0.498. The fourth-order valence-electron chi connectivity index (χ4n) is 0.168. The molecule has 0 rings (SSSR count).